The zero-order valence-electron chi connectivity index (χ0n) is 21.5. The van der Waals surface area contributed by atoms with Crippen LogP contribution < -0.4 is 15.1 Å². The van der Waals surface area contributed by atoms with E-state index in [1.54, 1.807) is 4.90 Å². The predicted octanol–water partition coefficient (Wildman–Crippen LogP) is 3.53. The van der Waals surface area contributed by atoms with Crippen LogP contribution in [0.5, 0.6) is 0 Å². The summed E-state index contributed by atoms with van der Waals surface area (Å²) in [7, 11) is 3.90. The highest BCUT2D eigenvalue weighted by Gasteiger charge is 2.35. The number of carbonyl (C=O) groups is 1. The fourth-order valence-corrected chi connectivity index (χ4v) is 5.07. The van der Waals surface area contributed by atoms with E-state index in [-0.39, 0.29) is 17.5 Å². The molecule has 0 radical (unpaired) electrons. The third-order valence-electron chi connectivity index (χ3n) is 7.23. The molecule has 1 N–H and O–H groups in total. The average molecular weight is 475 g/mol. The molecule has 0 aromatic carbocycles. The quantitative estimate of drug-likeness (QED) is 0.584. The lowest BCUT2D eigenvalue weighted by Gasteiger charge is -2.33. The summed E-state index contributed by atoms with van der Waals surface area (Å²) in [5.74, 6) is 3.13. The second-order valence-electron chi connectivity index (χ2n) is 10.4. The van der Waals surface area contributed by atoms with Crippen molar-refractivity contribution in [2.24, 2.45) is 0 Å². The van der Waals surface area contributed by atoms with Crippen molar-refractivity contribution in [3.63, 3.8) is 0 Å². The molecule has 184 valence electrons. The van der Waals surface area contributed by atoms with Crippen molar-refractivity contribution in [1.82, 2.24) is 30.0 Å². The van der Waals surface area contributed by atoms with Crippen LogP contribution in [0.15, 0.2) is 24.3 Å². The van der Waals surface area contributed by atoms with Gasteiger partial charge in [0.15, 0.2) is 5.82 Å². The third-order valence-corrected chi connectivity index (χ3v) is 7.23. The number of aromatic nitrogens is 5. The summed E-state index contributed by atoms with van der Waals surface area (Å²) in [6.45, 7) is 9.70. The molecule has 0 spiro atoms. The number of anilines is 2. The van der Waals surface area contributed by atoms with Crippen molar-refractivity contribution in [3.8, 4) is 11.5 Å². The highest BCUT2D eigenvalue weighted by molar-refractivity contribution is 6.10. The van der Waals surface area contributed by atoms with E-state index >= 15 is 0 Å². The summed E-state index contributed by atoms with van der Waals surface area (Å²) >= 11 is 0. The van der Waals surface area contributed by atoms with Gasteiger partial charge in [-0.15, -0.1) is 10.2 Å². The molecule has 35 heavy (non-hydrogen) atoms. The summed E-state index contributed by atoms with van der Waals surface area (Å²) in [6, 6.07) is 7.96. The van der Waals surface area contributed by atoms with Crippen LogP contribution in [0.2, 0.25) is 0 Å². The topological polar surface area (TPSA) is 92.1 Å². The Morgan fingerprint density at radius 1 is 1.20 bits per heavy atom. The first-order valence-corrected chi connectivity index (χ1v) is 12.4. The lowest BCUT2D eigenvalue weighted by Crippen LogP contribution is -2.32. The molecule has 0 fully saturated rings. The molecule has 0 bridgehead atoms. The van der Waals surface area contributed by atoms with E-state index in [9.17, 15) is 4.79 Å². The Balaban J connectivity index is 1.53. The van der Waals surface area contributed by atoms with Gasteiger partial charge in [0.2, 0.25) is 0 Å². The van der Waals surface area contributed by atoms with Crippen molar-refractivity contribution in [1.29, 1.82) is 0 Å². The maximum atomic E-state index is 13.6. The van der Waals surface area contributed by atoms with Crippen LogP contribution in [0, 0.1) is 0 Å². The number of carbonyl (C=O) groups excluding carboxylic acids is 1. The Morgan fingerprint density at radius 2 is 2.00 bits per heavy atom. The van der Waals surface area contributed by atoms with Crippen LogP contribution in [0.3, 0.4) is 0 Å². The van der Waals surface area contributed by atoms with Gasteiger partial charge in [0.1, 0.15) is 23.2 Å². The minimum absolute atomic E-state index is 0.0496. The van der Waals surface area contributed by atoms with Crippen molar-refractivity contribution in [2.45, 2.75) is 71.6 Å². The minimum atomic E-state index is -0.0730. The molecule has 5 heterocycles. The normalized spacial score (nSPS) is 16.5. The van der Waals surface area contributed by atoms with Gasteiger partial charge in [0.25, 0.3) is 5.91 Å². The third kappa shape index (κ3) is 3.97. The Hall–Kier alpha value is -3.33. The van der Waals surface area contributed by atoms with Crippen molar-refractivity contribution in [3.05, 3.63) is 46.9 Å². The molecule has 3 aromatic heterocycles. The number of pyridine rings is 2. The lowest BCUT2D eigenvalue weighted by atomic mass is 9.92. The monoisotopic (exact) mass is 474 g/mol. The van der Waals surface area contributed by atoms with Gasteiger partial charge >= 0.3 is 0 Å². The predicted molar refractivity (Wildman–Crippen MR) is 137 cm³/mol. The second kappa shape index (κ2) is 8.71. The van der Waals surface area contributed by atoms with Gasteiger partial charge in [0, 0.05) is 37.2 Å². The zero-order valence-corrected chi connectivity index (χ0v) is 21.5. The molecule has 1 amide bonds. The molecule has 0 saturated heterocycles. The van der Waals surface area contributed by atoms with E-state index in [0.29, 0.717) is 24.5 Å². The summed E-state index contributed by atoms with van der Waals surface area (Å²) in [5, 5.41) is 12.1. The summed E-state index contributed by atoms with van der Waals surface area (Å²) in [4.78, 5) is 27.2. The average Bonchev–Trinajstić information content (AvgIpc) is 3.41. The van der Waals surface area contributed by atoms with Crippen LogP contribution in [0.4, 0.5) is 11.6 Å². The highest BCUT2D eigenvalue weighted by Crippen LogP contribution is 2.36. The van der Waals surface area contributed by atoms with Gasteiger partial charge in [-0.3, -0.25) is 9.69 Å². The van der Waals surface area contributed by atoms with Crippen LogP contribution in [-0.4, -0.2) is 50.8 Å². The van der Waals surface area contributed by atoms with E-state index in [1.807, 2.05) is 38.4 Å². The molecule has 2 aliphatic heterocycles. The van der Waals surface area contributed by atoms with Crippen LogP contribution >= 0.6 is 0 Å². The van der Waals surface area contributed by atoms with Gasteiger partial charge in [0.05, 0.1) is 17.8 Å². The Labute approximate surface area is 206 Å². The van der Waals surface area contributed by atoms with E-state index in [0.717, 1.165) is 53.7 Å². The van der Waals surface area contributed by atoms with Crippen molar-refractivity contribution in [2.75, 3.05) is 23.9 Å². The number of nitrogens with zero attached hydrogens (tertiary/aromatic N) is 7. The number of fused-ring (bicyclic) bond motifs is 2. The number of rotatable bonds is 6. The van der Waals surface area contributed by atoms with Gasteiger partial charge in [-0.2, -0.15) is 0 Å². The van der Waals surface area contributed by atoms with Crippen LogP contribution in [-0.2, 0) is 25.0 Å². The molecule has 0 aliphatic carbocycles. The van der Waals surface area contributed by atoms with Gasteiger partial charge in [-0.05, 0) is 65.8 Å². The largest absolute Gasteiger partial charge is 0.357 e. The number of amides is 1. The molecule has 0 unspecified atom stereocenters. The molecule has 2 aliphatic rings. The Kier molecular flexibility index (Phi) is 5.83. The molecule has 9 nitrogen and oxygen atoms in total. The first-order valence-electron chi connectivity index (χ1n) is 12.4. The highest BCUT2D eigenvalue weighted by atomic mass is 16.2. The van der Waals surface area contributed by atoms with Crippen LogP contribution in [0.1, 0.15) is 68.0 Å². The lowest BCUT2D eigenvalue weighted by molar-refractivity contribution is 0.0996. The SMILES string of the molecule is CNCc1nc(N(C)C(C)C)cc2c1CN(c1cccc(-c3nnc4n3C(C)(C)CCC4)n1)C2=O. The standard InChI is InChI=1S/C26H34N8O/c1-16(2)32(6)23-13-17-18(20(29-23)14-27-5)15-33(25(17)35)21-10-7-9-19(28-21)24-31-30-22-11-8-12-26(3,4)34(22)24/h7,9-10,13,16,27H,8,11-12,14-15H2,1-6H3. The number of hydrogen-bond donors (Lipinski definition) is 1. The summed E-state index contributed by atoms with van der Waals surface area (Å²) in [6.07, 6.45) is 3.10. The van der Waals surface area contributed by atoms with Crippen molar-refractivity contribution < 1.29 is 4.79 Å². The summed E-state index contributed by atoms with van der Waals surface area (Å²) in [5.41, 5.74) is 3.21. The van der Waals surface area contributed by atoms with E-state index in [1.165, 1.54) is 0 Å². The molecule has 9 heteroatoms. The fourth-order valence-electron chi connectivity index (χ4n) is 5.07. The first-order chi connectivity index (χ1) is 16.7. The first kappa shape index (κ1) is 23.4. The second-order valence-corrected chi connectivity index (χ2v) is 10.4. The maximum Gasteiger partial charge on any atom is 0.260 e. The van der Waals surface area contributed by atoms with E-state index in [2.05, 4.69) is 52.7 Å². The maximum absolute atomic E-state index is 13.6. The number of hydrogen-bond acceptors (Lipinski definition) is 7. The zero-order chi connectivity index (χ0) is 24.9. The summed E-state index contributed by atoms with van der Waals surface area (Å²) < 4.78 is 2.21. The Morgan fingerprint density at radius 3 is 2.74 bits per heavy atom. The van der Waals surface area contributed by atoms with Gasteiger partial charge in [-0.25, -0.2) is 9.97 Å². The van der Waals surface area contributed by atoms with Gasteiger partial charge in [-0.1, -0.05) is 6.07 Å². The fraction of sp³-hybridized carbons (Fsp3) is 0.500. The van der Waals surface area contributed by atoms with E-state index < -0.39 is 0 Å². The van der Waals surface area contributed by atoms with Crippen molar-refractivity contribution >= 4 is 17.5 Å². The smallest absolute Gasteiger partial charge is 0.260 e. The van der Waals surface area contributed by atoms with Crippen LogP contribution in [0.25, 0.3) is 11.5 Å². The number of aryl methyl sites for hydroxylation is 1. The van der Waals surface area contributed by atoms with Gasteiger partial charge < -0.3 is 14.8 Å². The molecule has 3 aromatic rings. The molecular weight excluding hydrogens is 440 g/mol. The Bertz CT molecular complexity index is 1280. The van der Waals surface area contributed by atoms with E-state index in [4.69, 9.17) is 9.97 Å². The molecule has 5 rings (SSSR count). The molecule has 0 atom stereocenters. The molecule has 0 saturated carbocycles. The molecular formula is C26H34N8O. The number of nitrogens with one attached hydrogen (secondary N) is 1. The minimum Gasteiger partial charge on any atom is -0.357 e.